The molecule has 0 aliphatic carbocycles. The molecule has 0 bridgehead atoms. The summed E-state index contributed by atoms with van der Waals surface area (Å²) in [7, 11) is 0. The molecule has 0 radical (unpaired) electrons. The maximum absolute atomic E-state index is 11.2. The molecular formula is C7H7N3OS. The summed E-state index contributed by atoms with van der Waals surface area (Å²) in [6.07, 6.45) is 0. The van der Waals surface area contributed by atoms with Crippen LogP contribution in [-0.2, 0) is 4.79 Å². The number of hydrogen-bond acceptors (Lipinski definition) is 4. The number of hydrazone groups is 1. The van der Waals surface area contributed by atoms with Gasteiger partial charge in [-0.05, 0) is 11.4 Å². The first-order valence-corrected chi connectivity index (χ1v) is 4.33. The Bertz CT molecular complexity index is 330. The van der Waals surface area contributed by atoms with Crippen LogP contribution in [0, 0.1) is 0 Å². The Hall–Kier alpha value is -1.36. The van der Waals surface area contributed by atoms with Gasteiger partial charge in [-0.3, -0.25) is 4.79 Å². The van der Waals surface area contributed by atoms with E-state index in [2.05, 4.69) is 10.5 Å². The van der Waals surface area contributed by atoms with Crippen molar-refractivity contribution >= 4 is 23.1 Å². The summed E-state index contributed by atoms with van der Waals surface area (Å²) in [4.78, 5) is 12.1. The number of nitrogens with two attached hydrogens (primary N) is 1. The lowest BCUT2D eigenvalue weighted by atomic mass is 10.1. The minimum atomic E-state index is -0.370. The Morgan fingerprint density at radius 2 is 2.50 bits per heavy atom. The molecule has 0 aromatic carbocycles. The molecule has 1 aliphatic rings. The maximum Gasteiger partial charge on any atom is 0.256 e. The Morgan fingerprint density at radius 1 is 1.67 bits per heavy atom. The number of hydrogen-bond donors (Lipinski definition) is 2. The van der Waals surface area contributed by atoms with E-state index in [-0.39, 0.29) is 11.8 Å². The second-order valence-corrected chi connectivity index (χ2v) is 3.44. The molecule has 1 atom stereocenters. The van der Waals surface area contributed by atoms with Crippen molar-refractivity contribution in [3.05, 3.63) is 22.4 Å². The number of carbonyl (C=O) groups excluding carboxylic acids is 1. The van der Waals surface area contributed by atoms with Gasteiger partial charge in [0.05, 0.1) is 0 Å². The average molecular weight is 181 g/mol. The molecule has 5 heteroatoms. The van der Waals surface area contributed by atoms with E-state index in [1.165, 1.54) is 11.3 Å². The first-order valence-electron chi connectivity index (χ1n) is 3.45. The van der Waals surface area contributed by atoms with E-state index in [4.69, 9.17) is 5.73 Å². The van der Waals surface area contributed by atoms with Crippen molar-refractivity contribution in [2.24, 2.45) is 10.8 Å². The summed E-state index contributed by atoms with van der Waals surface area (Å²) in [5.74, 6) is -0.164. The van der Waals surface area contributed by atoms with Gasteiger partial charge in [-0.25, -0.2) is 5.43 Å². The molecule has 1 aromatic heterocycles. The van der Waals surface area contributed by atoms with E-state index < -0.39 is 0 Å². The second kappa shape index (κ2) is 2.60. The summed E-state index contributed by atoms with van der Waals surface area (Å²) in [6.45, 7) is 0. The van der Waals surface area contributed by atoms with Crippen LogP contribution in [0.15, 0.2) is 22.6 Å². The minimum Gasteiger partial charge on any atom is -0.385 e. The Kier molecular flexibility index (Phi) is 1.58. The molecular weight excluding hydrogens is 174 g/mol. The first-order chi connectivity index (χ1) is 5.79. The van der Waals surface area contributed by atoms with Crippen molar-refractivity contribution in [3.8, 4) is 0 Å². The van der Waals surface area contributed by atoms with Crippen LogP contribution in [0.4, 0.5) is 0 Å². The molecule has 1 amide bonds. The van der Waals surface area contributed by atoms with E-state index in [0.29, 0.717) is 5.84 Å². The van der Waals surface area contributed by atoms with Gasteiger partial charge in [0.2, 0.25) is 0 Å². The molecule has 0 saturated heterocycles. The third-order valence-corrected chi connectivity index (χ3v) is 2.62. The van der Waals surface area contributed by atoms with Crippen LogP contribution >= 0.6 is 11.3 Å². The van der Waals surface area contributed by atoms with Crippen LogP contribution in [0.25, 0.3) is 0 Å². The van der Waals surface area contributed by atoms with Gasteiger partial charge in [-0.15, -0.1) is 11.3 Å². The van der Waals surface area contributed by atoms with Gasteiger partial charge in [0.1, 0.15) is 11.8 Å². The van der Waals surface area contributed by atoms with Crippen molar-refractivity contribution in [1.29, 1.82) is 0 Å². The zero-order valence-electron chi connectivity index (χ0n) is 6.15. The molecule has 1 unspecified atom stereocenters. The smallest absolute Gasteiger partial charge is 0.256 e. The van der Waals surface area contributed by atoms with Crippen molar-refractivity contribution in [3.63, 3.8) is 0 Å². The van der Waals surface area contributed by atoms with Gasteiger partial charge in [0, 0.05) is 4.88 Å². The highest BCUT2D eigenvalue weighted by molar-refractivity contribution is 7.10. The minimum absolute atomic E-state index is 0.144. The number of thiophene rings is 1. The molecule has 2 rings (SSSR count). The molecule has 2 heterocycles. The third kappa shape index (κ3) is 0.984. The van der Waals surface area contributed by atoms with Crippen molar-refractivity contribution in [2.75, 3.05) is 0 Å². The van der Waals surface area contributed by atoms with Crippen LogP contribution in [0.1, 0.15) is 10.8 Å². The van der Waals surface area contributed by atoms with E-state index in [9.17, 15) is 4.79 Å². The Balaban J connectivity index is 2.35. The van der Waals surface area contributed by atoms with Crippen molar-refractivity contribution in [2.45, 2.75) is 5.92 Å². The standard InChI is InChI=1S/C7H7N3OS/c8-6-5(7(11)10-9-6)4-2-1-3-12-4/h1-3,5H,(H2,8,9)(H,10,11). The number of amides is 1. The average Bonchev–Trinajstić information content (AvgIpc) is 2.61. The number of amidine groups is 1. The quantitative estimate of drug-likeness (QED) is 0.651. The molecule has 0 spiro atoms. The molecule has 62 valence electrons. The predicted molar refractivity (Wildman–Crippen MR) is 46.8 cm³/mol. The molecule has 1 aliphatic heterocycles. The summed E-state index contributed by atoms with van der Waals surface area (Å²) >= 11 is 1.51. The monoisotopic (exact) mass is 181 g/mol. The molecule has 0 fully saturated rings. The summed E-state index contributed by atoms with van der Waals surface area (Å²) in [5, 5.41) is 5.57. The van der Waals surface area contributed by atoms with Crippen LogP contribution in [0.5, 0.6) is 0 Å². The van der Waals surface area contributed by atoms with Crippen LogP contribution in [0.2, 0.25) is 0 Å². The van der Waals surface area contributed by atoms with E-state index in [1.807, 2.05) is 17.5 Å². The highest BCUT2D eigenvalue weighted by atomic mass is 32.1. The van der Waals surface area contributed by atoms with Gasteiger partial charge in [0.25, 0.3) is 5.91 Å². The van der Waals surface area contributed by atoms with Gasteiger partial charge in [0.15, 0.2) is 0 Å². The number of nitrogens with one attached hydrogen (secondary N) is 1. The molecule has 4 nitrogen and oxygen atoms in total. The zero-order chi connectivity index (χ0) is 8.55. The van der Waals surface area contributed by atoms with E-state index >= 15 is 0 Å². The normalized spacial score (nSPS) is 22.2. The van der Waals surface area contributed by atoms with Gasteiger partial charge < -0.3 is 5.73 Å². The lowest BCUT2D eigenvalue weighted by molar-refractivity contribution is -0.120. The molecule has 0 saturated carbocycles. The fourth-order valence-corrected chi connectivity index (χ4v) is 1.95. The lowest BCUT2D eigenvalue weighted by Gasteiger charge is -2.02. The first kappa shape index (κ1) is 7.30. The molecule has 1 aromatic rings. The van der Waals surface area contributed by atoms with Crippen LogP contribution in [0.3, 0.4) is 0 Å². The molecule has 12 heavy (non-hydrogen) atoms. The number of nitrogens with zero attached hydrogens (tertiary/aromatic N) is 1. The summed E-state index contributed by atoms with van der Waals surface area (Å²) in [6, 6.07) is 3.77. The number of carbonyl (C=O) groups is 1. The Morgan fingerprint density at radius 3 is 3.00 bits per heavy atom. The van der Waals surface area contributed by atoms with Crippen molar-refractivity contribution in [1.82, 2.24) is 5.43 Å². The largest absolute Gasteiger partial charge is 0.385 e. The van der Waals surface area contributed by atoms with Gasteiger partial charge >= 0.3 is 0 Å². The number of rotatable bonds is 1. The third-order valence-electron chi connectivity index (χ3n) is 1.68. The van der Waals surface area contributed by atoms with E-state index in [1.54, 1.807) is 0 Å². The van der Waals surface area contributed by atoms with Gasteiger partial charge in [-0.2, -0.15) is 5.10 Å². The maximum atomic E-state index is 11.2. The fourth-order valence-electron chi connectivity index (χ4n) is 1.11. The van der Waals surface area contributed by atoms with E-state index in [0.717, 1.165) is 4.88 Å². The van der Waals surface area contributed by atoms with Crippen LogP contribution in [-0.4, -0.2) is 11.7 Å². The summed E-state index contributed by atoms with van der Waals surface area (Å²) in [5.41, 5.74) is 7.87. The SMILES string of the molecule is NC1=NNC(=O)C1c1cccs1. The van der Waals surface area contributed by atoms with Gasteiger partial charge in [-0.1, -0.05) is 6.07 Å². The second-order valence-electron chi connectivity index (χ2n) is 2.46. The fraction of sp³-hybridized carbons (Fsp3) is 0.143. The molecule has 3 N–H and O–H groups in total. The van der Waals surface area contributed by atoms with Crippen molar-refractivity contribution < 1.29 is 4.79 Å². The highest BCUT2D eigenvalue weighted by Crippen LogP contribution is 2.23. The zero-order valence-corrected chi connectivity index (χ0v) is 6.97. The lowest BCUT2D eigenvalue weighted by Crippen LogP contribution is -2.24. The highest BCUT2D eigenvalue weighted by Gasteiger charge is 2.30. The Labute approximate surface area is 73.1 Å². The predicted octanol–water partition coefficient (Wildman–Crippen LogP) is 0.234. The topological polar surface area (TPSA) is 67.5 Å². The van der Waals surface area contributed by atoms with Crippen LogP contribution < -0.4 is 11.2 Å². The summed E-state index contributed by atoms with van der Waals surface area (Å²) < 4.78 is 0.